The third-order valence-corrected chi connectivity index (χ3v) is 3.87. The van der Waals surface area contributed by atoms with E-state index in [4.69, 9.17) is 0 Å². The van der Waals surface area contributed by atoms with Crippen LogP contribution in [0, 0.1) is 11.3 Å². The monoisotopic (exact) mass is 178 g/mol. The molecule has 1 saturated carbocycles. The lowest BCUT2D eigenvalue weighted by Crippen LogP contribution is -2.33. The second-order valence-corrected chi connectivity index (χ2v) is 4.70. The first kappa shape index (κ1) is 8.98. The van der Waals surface area contributed by atoms with Gasteiger partial charge in [-0.25, -0.2) is 0 Å². The summed E-state index contributed by atoms with van der Waals surface area (Å²) in [6.07, 6.45) is 11.5. The molecule has 72 valence electrons. The third kappa shape index (κ3) is 1.56. The quantitative estimate of drug-likeness (QED) is 0.557. The molecule has 2 aliphatic carbocycles. The highest BCUT2D eigenvalue weighted by Gasteiger charge is 2.37. The van der Waals surface area contributed by atoms with Crippen LogP contribution in [0.5, 0.6) is 0 Å². The maximum absolute atomic E-state index is 11.2. The summed E-state index contributed by atoms with van der Waals surface area (Å²) in [6.45, 7) is 2.24. The van der Waals surface area contributed by atoms with Crippen molar-refractivity contribution in [2.45, 2.75) is 45.4 Å². The standard InChI is InChI=1S/C12H18O/c1-10-9-11(13)5-8-12(10)6-3-2-4-7-12/h5,8,10H,2-4,6-7,9H2,1H3. The van der Waals surface area contributed by atoms with Crippen LogP contribution in [-0.2, 0) is 4.79 Å². The first-order chi connectivity index (χ1) is 6.23. The van der Waals surface area contributed by atoms with Gasteiger partial charge in [-0.3, -0.25) is 4.79 Å². The lowest BCUT2D eigenvalue weighted by Gasteiger charge is -2.41. The van der Waals surface area contributed by atoms with Gasteiger partial charge in [0.05, 0.1) is 0 Å². The Morgan fingerprint density at radius 2 is 2.00 bits per heavy atom. The summed E-state index contributed by atoms with van der Waals surface area (Å²) < 4.78 is 0. The number of hydrogen-bond acceptors (Lipinski definition) is 1. The molecule has 0 heterocycles. The first-order valence-corrected chi connectivity index (χ1v) is 5.45. The Morgan fingerprint density at radius 3 is 2.62 bits per heavy atom. The molecule has 2 aliphatic rings. The Hall–Kier alpha value is -0.590. The number of rotatable bonds is 0. The smallest absolute Gasteiger partial charge is 0.155 e. The zero-order chi connectivity index (χ0) is 9.31. The molecule has 2 rings (SSSR count). The predicted molar refractivity (Wildman–Crippen MR) is 53.4 cm³/mol. The molecule has 1 atom stereocenters. The van der Waals surface area contributed by atoms with Gasteiger partial charge in [-0.1, -0.05) is 32.3 Å². The van der Waals surface area contributed by atoms with Crippen LogP contribution in [0.1, 0.15) is 45.4 Å². The Kier molecular flexibility index (Phi) is 2.27. The molecule has 0 aromatic carbocycles. The van der Waals surface area contributed by atoms with Gasteiger partial charge >= 0.3 is 0 Å². The Balaban J connectivity index is 2.19. The van der Waals surface area contributed by atoms with Gasteiger partial charge in [0.2, 0.25) is 0 Å². The molecule has 0 radical (unpaired) electrons. The largest absolute Gasteiger partial charge is 0.295 e. The lowest BCUT2D eigenvalue weighted by atomic mass is 9.63. The highest BCUT2D eigenvalue weighted by atomic mass is 16.1. The molecule has 13 heavy (non-hydrogen) atoms. The van der Waals surface area contributed by atoms with Crippen LogP contribution in [0.2, 0.25) is 0 Å². The van der Waals surface area contributed by atoms with Gasteiger partial charge in [-0.05, 0) is 30.3 Å². The Morgan fingerprint density at radius 1 is 1.31 bits per heavy atom. The molecular weight excluding hydrogens is 160 g/mol. The predicted octanol–water partition coefficient (Wildman–Crippen LogP) is 3.10. The molecule has 0 saturated heterocycles. The molecule has 1 unspecified atom stereocenters. The van der Waals surface area contributed by atoms with E-state index in [1.54, 1.807) is 0 Å². The van der Waals surface area contributed by atoms with Crippen LogP contribution in [0.4, 0.5) is 0 Å². The van der Waals surface area contributed by atoms with Crippen molar-refractivity contribution in [3.05, 3.63) is 12.2 Å². The topological polar surface area (TPSA) is 17.1 Å². The van der Waals surface area contributed by atoms with E-state index >= 15 is 0 Å². The SMILES string of the molecule is CC1CC(=O)C=CC12CCCCC2. The summed E-state index contributed by atoms with van der Waals surface area (Å²) in [7, 11) is 0. The number of hydrogen-bond donors (Lipinski definition) is 0. The number of carbonyl (C=O) groups is 1. The minimum absolute atomic E-state index is 0.323. The van der Waals surface area contributed by atoms with Crippen LogP contribution in [0.3, 0.4) is 0 Å². The summed E-state index contributed by atoms with van der Waals surface area (Å²) in [5, 5.41) is 0. The molecule has 1 fully saturated rings. The van der Waals surface area contributed by atoms with Crippen molar-refractivity contribution in [3.63, 3.8) is 0 Å². The van der Waals surface area contributed by atoms with Gasteiger partial charge in [-0.2, -0.15) is 0 Å². The van der Waals surface area contributed by atoms with Gasteiger partial charge in [-0.15, -0.1) is 0 Å². The summed E-state index contributed by atoms with van der Waals surface area (Å²) in [5.74, 6) is 0.897. The van der Waals surface area contributed by atoms with Crippen molar-refractivity contribution in [2.24, 2.45) is 11.3 Å². The van der Waals surface area contributed by atoms with Gasteiger partial charge in [0.1, 0.15) is 0 Å². The highest BCUT2D eigenvalue weighted by molar-refractivity contribution is 5.90. The molecule has 0 aromatic rings. The lowest BCUT2D eigenvalue weighted by molar-refractivity contribution is -0.117. The fourth-order valence-electron chi connectivity index (χ4n) is 2.87. The minimum atomic E-state index is 0.323. The summed E-state index contributed by atoms with van der Waals surface area (Å²) in [5.41, 5.74) is 0.395. The van der Waals surface area contributed by atoms with Crippen LogP contribution in [-0.4, -0.2) is 5.78 Å². The van der Waals surface area contributed by atoms with Crippen LogP contribution >= 0.6 is 0 Å². The highest BCUT2D eigenvalue weighted by Crippen LogP contribution is 2.46. The maximum Gasteiger partial charge on any atom is 0.155 e. The number of allylic oxidation sites excluding steroid dienone is 2. The summed E-state index contributed by atoms with van der Waals surface area (Å²) in [4.78, 5) is 11.2. The fourth-order valence-corrected chi connectivity index (χ4v) is 2.87. The summed E-state index contributed by atoms with van der Waals surface area (Å²) >= 11 is 0. The van der Waals surface area contributed by atoms with Crippen LogP contribution < -0.4 is 0 Å². The zero-order valence-electron chi connectivity index (χ0n) is 8.38. The van der Waals surface area contributed by atoms with E-state index in [2.05, 4.69) is 13.0 Å². The number of ketones is 1. The van der Waals surface area contributed by atoms with Crippen molar-refractivity contribution in [1.29, 1.82) is 0 Å². The second-order valence-electron chi connectivity index (χ2n) is 4.70. The molecule has 0 aromatic heterocycles. The van der Waals surface area contributed by atoms with Crippen LogP contribution in [0.25, 0.3) is 0 Å². The molecule has 1 heteroatoms. The number of carbonyl (C=O) groups excluding carboxylic acids is 1. The van der Waals surface area contributed by atoms with E-state index in [-0.39, 0.29) is 0 Å². The van der Waals surface area contributed by atoms with E-state index in [1.807, 2.05) is 6.08 Å². The average Bonchev–Trinajstić information content (AvgIpc) is 2.14. The van der Waals surface area contributed by atoms with E-state index in [1.165, 1.54) is 32.1 Å². The van der Waals surface area contributed by atoms with Crippen molar-refractivity contribution in [2.75, 3.05) is 0 Å². The van der Waals surface area contributed by atoms with E-state index in [0.29, 0.717) is 17.1 Å². The van der Waals surface area contributed by atoms with E-state index in [0.717, 1.165) is 6.42 Å². The second kappa shape index (κ2) is 3.28. The molecule has 0 N–H and O–H groups in total. The fraction of sp³-hybridized carbons (Fsp3) is 0.750. The van der Waals surface area contributed by atoms with Crippen LogP contribution in [0.15, 0.2) is 12.2 Å². The molecule has 1 nitrogen and oxygen atoms in total. The van der Waals surface area contributed by atoms with Gasteiger partial charge < -0.3 is 0 Å². The molecular formula is C12H18O. The van der Waals surface area contributed by atoms with E-state index < -0.39 is 0 Å². The molecule has 0 aliphatic heterocycles. The van der Waals surface area contributed by atoms with E-state index in [9.17, 15) is 4.79 Å². The van der Waals surface area contributed by atoms with Gasteiger partial charge in [0.25, 0.3) is 0 Å². The third-order valence-electron chi connectivity index (χ3n) is 3.87. The maximum atomic E-state index is 11.2. The molecule has 0 amide bonds. The van der Waals surface area contributed by atoms with Gasteiger partial charge in [0, 0.05) is 6.42 Å². The van der Waals surface area contributed by atoms with Gasteiger partial charge in [0.15, 0.2) is 5.78 Å². The first-order valence-electron chi connectivity index (χ1n) is 5.45. The average molecular weight is 178 g/mol. The van der Waals surface area contributed by atoms with Crippen molar-refractivity contribution in [1.82, 2.24) is 0 Å². The molecule has 1 spiro atoms. The van der Waals surface area contributed by atoms with Crippen molar-refractivity contribution < 1.29 is 4.79 Å². The summed E-state index contributed by atoms with van der Waals surface area (Å²) in [6, 6.07) is 0. The van der Waals surface area contributed by atoms with Crippen molar-refractivity contribution in [3.8, 4) is 0 Å². The molecule has 0 bridgehead atoms. The Bertz CT molecular complexity index is 234. The zero-order valence-corrected chi connectivity index (χ0v) is 8.38. The Labute approximate surface area is 80.2 Å². The normalized spacial score (nSPS) is 32.4. The van der Waals surface area contributed by atoms with Crippen molar-refractivity contribution >= 4 is 5.78 Å². The minimum Gasteiger partial charge on any atom is -0.295 e.